The third-order valence-electron chi connectivity index (χ3n) is 4.70. The van der Waals surface area contributed by atoms with Gasteiger partial charge in [-0.15, -0.1) is 0 Å². The van der Waals surface area contributed by atoms with E-state index >= 15 is 0 Å². The van der Waals surface area contributed by atoms with Crippen molar-refractivity contribution in [3.8, 4) is 0 Å². The van der Waals surface area contributed by atoms with Gasteiger partial charge in [0.15, 0.2) is 0 Å². The molecule has 1 aromatic rings. The van der Waals surface area contributed by atoms with Crippen LogP contribution in [0.1, 0.15) is 20.3 Å². The molecule has 3 rings (SSSR count). The number of halogens is 1. The highest BCUT2D eigenvalue weighted by atomic mass is 35.5. The smallest absolute Gasteiger partial charge is 0.245 e. The van der Waals surface area contributed by atoms with E-state index in [4.69, 9.17) is 11.6 Å². The lowest BCUT2D eigenvalue weighted by molar-refractivity contribution is -0.152. The van der Waals surface area contributed by atoms with Gasteiger partial charge in [-0.25, -0.2) is 8.42 Å². The van der Waals surface area contributed by atoms with E-state index in [-0.39, 0.29) is 42.3 Å². The number of nitrogens with one attached hydrogen (secondary N) is 1. The Morgan fingerprint density at radius 2 is 1.85 bits per heavy atom. The molecule has 0 radical (unpaired) electrons. The molecule has 0 unspecified atom stereocenters. The van der Waals surface area contributed by atoms with Gasteiger partial charge < -0.3 is 10.2 Å². The van der Waals surface area contributed by atoms with Gasteiger partial charge in [-0.1, -0.05) is 25.4 Å². The summed E-state index contributed by atoms with van der Waals surface area (Å²) in [6.07, 6.45) is 0.570. The first kappa shape index (κ1) is 19.1. The standard InChI is InChI=1S/C17H22ClN3O4S/c1-11(2)9-14-17(23)21-8-7-20(10-15(21)16(22)19-14)26(24,25)13-5-3-12(18)4-6-13/h3-6,11,14-15H,7-10H2,1-2H3,(H,19,22)/t14-,15+/m0/s1. The summed E-state index contributed by atoms with van der Waals surface area (Å²) in [6.45, 7) is 4.30. The highest BCUT2D eigenvalue weighted by molar-refractivity contribution is 7.89. The van der Waals surface area contributed by atoms with Gasteiger partial charge in [-0.2, -0.15) is 4.31 Å². The lowest BCUT2D eigenvalue weighted by atomic mass is 9.97. The number of rotatable bonds is 4. The molecule has 2 heterocycles. The number of nitrogens with zero attached hydrogens (tertiary/aromatic N) is 2. The van der Waals surface area contributed by atoms with Crippen LogP contribution in [0.25, 0.3) is 0 Å². The van der Waals surface area contributed by atoms with E-state index in [9.17, 15) is 18.0 Å². The summed E-state index contributed by atoms with van der Waals surface area (Å²) >= 11 is 5.82. The zero-order valence-electron chi connectivity index (χ0n) is 14.7. The third kappa shape index (κ3) is 3.58. The van der Waals surface area contributed by atoms with Crippen molar-refractivity contribution >= 4 is 33.4 Å². The zero-order valence-corrected chi connectivity index (χ0v) is 16.3. The number of amides is 2. The van der Waals surface area contributed by atoms with Crippen LogP contribution in [0.3, 0.4) is 0 Å². The first-order chi connectivity index (χ1) is 12.2. The molecule has 2 amide bonds. The molecule has 2 aliphatic rings. The zero-order chi connectivity index (χ0) is 19.1. The molecule has 0 bridgehead atoms. The maximum absolute atomic E-state index is 12.8. The summed E-state index contributed by atoms with van der Waals surface area (Å²) in [6, 6.07) is 4.58. The number of fused-ring (bicyclic) bond motifs is 1. The summed E-state index contributed by atoms with van der Waals surface area (Å²) in [5.74, 6) is -0.162. The Hall–Kier alpha value is -1.64. The van der Waals surface area contributed by atoms with E-state index in [1.54, 1.807) is 0 Å². The molecule has 1 aromatic carbocycles. The second kappa shape index (κ2) is 7.17. The molecular formula is C17H22ClN3O4S. The molecule has 142 valence electrons. The van der Waals surface area contributed by atoms with Crippen LogP contribution >= 0.6 is 11.6 Å². The molecule has 7 nitrogen and oxygen atoms in total. The summed E-state index contributed by atoms with van der Waals surface area (Å²) < 4.78 is 26.9. The van der Waals surface area contributed by atoms with Crippen molar-refractivity contribution in [1.82, 2.24) is 14.5 Å². The molecule has 0 spiro atoms. The van der Waals surface area contributed by atoms with Gasteiger partial charge in [-0.3, -0.25) is 9.59 Å². The van der Waals surface area contributed by atoms with E-state index in [0.717, 1.165) is 0 Å². The largest absolute Gasteiger partial charge is 0.342 e. The highest BCUT2D eigenvalue weighted by Gasteiger charge is 2.45. The van der Waals surface area contributed by atoms with Crippen molar-refractivity contribution in [2.24, 2.45) is 5.92 Å². The maximum atomic E-state index is 12.8. The molecule has 2 fully saturated rings. The van der Waals surface area contributed by atoms with E-state index in [1.807, 2.05) is 13.8 Å². The average Bonchev–Trinajstić information content (AvgIpc) is 2.59. The van der Waals surface area contributed by atoms with Crippen molar-refractivity contribution < 1.29 is 18.0 Å². The van der Waals surface area contributed by atoms with Crippen LogP contribution in [0.2, 0.25) is 5.02 Å². The maximum Gasteiger partial charge on any atom is 0.245 e. The van der Waals surface area contributed by atoms with Crippen LogP contribution in [0.15, 0.2) is 29.2 Å². The molecule has 0 aromatic heterocycles. The van der Waals surface area contributed by atoms with Crippen LogP contribution < -0.4 is 5.32 Å². The van der Waals surface area contributed by atoms with Crippen LogP contribution in [-0.4, -0.2) is 61.2 Å². The first-order valence-electron chi connectivity index (χ1n) is 8.56. The monoisotopic (exact) mass is 399 g/mol. The molecule has 2 atom stereocenters. The van der Waals surface area contributed by atoms with Crippen molar-refractivity contribution in [1.29, 1.82) is 0 Å². The Labute approximate surface area is 158 Å². The molecular weight excluding hydrogens is 378 g/mol. The van der Waals surface area contributed by atoms with Gasteiger partial charge in [0, 0.05) is 24.7 Å². The minimum Gasteiger partial charge on any atom is -0.342 e. The average molecular weight is 400 g/mol. The summed E-state index contributed by atoms with van der Waals surface area (Å²) in [5.41, 5.74) is 0. The Morgan fingerprint density at radius 3 is 2.46 bits per heavy atom. The minimum atomic E-state index is -3.75. The topological polar surface area (TPSA) is 86.8 Å². The Balaban J connectivity index is 1.78. The van der Waals surface area contributed by atoms with E-state index in [2.05, 4.69) is 5.32 Å². The van der Waals surface area contributed by atoms with Gasteiger partial charge in [-0.05, 0) is 36.6 Å². The highest BCUT2D eigenvalue weighted by Crippen LogP contribution is 2.24. The molecule has 0 saturated carbocycles. The van der Waals surface area contributed by atoms with Gasteiger partial charge >= 0.3 is 0 Å². The molecule has 26 heavy (non-hydrogen) atoms. The number of carbonyl (C=O) groups is 2. The van der Waals surface area contributed by atoms with Gasteiger partial charge in [0.05, 0.1) is 4.90 Å². The predicted octanol–water partition coefficient (Wildman–Crippen LogP) is 1.09. The van der Waals surface area contributed by atoms with E-state index in [1.165, 1.54) is 33.5 Å². The summed E-state index contributed by atoms with van der Waals surface area (Å²) in [4.78, 5) is 26.7. The third-order valence-corrected chi connectivity index (χ3v) is 6.83. The van der Waals surface area contributed by atoms with Crippen molar-refractivity contribution in [2.45, 2.75) is 37.2 Å². The van der Waals surface area contributed by atoms with Crippen molar-refractivity contribution in [3.05, 3.63) is 29.3 Å². The van der Waals surface area contributed by atoms with Gasteiger partial charge in [0.2, 0.25) is 21.8 Å². The Bertz CT molecular complexity index is 810. The number of sulfonamides is 1. The second-order valence-electron chi connectivity index (χ2n) is 7.06. The second-order valence-corrected chi connectivity index (χ2v) is 9.43. The van der Waals surface area contributed by atoms with E-state index in [0.29, 0.717) is 11.4 Å². The summed E-state index contributed by atoms with van der Waals surface area (Å²) in [7, 11) is -3.75. The molecule has 2 saturated heterocycles. The quantitative estimate of drug-likeness (QED) is 0.820. The van der Waals surface area contributed by atoms with Gasteiger partial charge in [0.1, 0.15) is 12.1 Å². The molecule has 2 aliphatic heterocycles. The SMILES string of the molecule is CC(C)C[C@@H]1NC(=O)[C@H]2CN(S(=O)(=O)c3ccc(Cl)cc3)CCN2C1=O. The molecule has 9 heteroatoms. The molecule has 1 N–H and O–H groups in total. The van der Waals surface area contributed by atoms with E-state index < -0.39 is 22.1 Å². The number of hydrogen-bond acceptors (Lipinski definition) is 4. The number of hydrogen-bond donors (Lipinski definition) is 1. The van der Waals surface area contributed by atoms with Crippen molar-refractivity contribution in [3.63, 3.8) is 0 Å². The Kier molecular flexibility index (Phi) is 5.28. The normalized spacial score (nSPS) is 24.5. The van der Waals surface area contributed by atoms with Crippen LogP contribution in [0.4, 0.5) is 0 Å². The lowest BCUT2D eigenvalue weighted by Gasteiger charge is -2.45. The summed E-state index contributed by atoms with van der Waals surface area (Å²) in [5, 5.41) is 3.19. The minimum absolute atomic E-state index is 0.0447. The molecule has 0 aliphatic carbocycles. The van der Waals surface area contributed by atoms with Crippen LogP contribution in [0.5, 0.6) is 0 Å². The fourth-order valence-corrected chi connectivity index (χ4v) is 4.94. The predicted molar refractivity (Wildman–Crippen MR) is 97.1 cm³/mol. The number of carbonyl (C=O) groups excluding carboxylic acids is 2. The van der Waals surface area contributed by atoms with Crippen molar-refractivity contribution in [2.75, 3.05) is 19.6 Å². The van der Waals surface area contributed by atoms with Crippen LogP contribution in [-0.2, 0) is 19.6 Å². The number of benzene rings is 1. The first-order valence-corrected chi connectivity index (χ1v) is 10.4. The lowest BCUT2D eigenvalue weighted by Crippen LogP contribution is -2.69. The van der Waals surface area contributed by atoms with Gasteiger partial charge in [0.25, 0.3) is 0 Å². The van der Waals surface area contributed by atoms with Crippen LogP contribution in [0, 0.1) is 5.92 Å². The fourth-order valence-electron chi connectivity index (χ4n) is 3.38. The fraction of sp³-hybridized carbons (Fsp3) is 0.529. The number of piperazine rings is 2. The Morgan fingerprint density at radius 1 is 1.19 bits per heavy atom.